The molecule has 0 saturated carbocycles. The third-order valence-electron chi connectivity index (χ3n) is 4.30. The van der Waals surface area contributed by atoms with E-state index in [1.165, 1.54) is 0 Å². The molecular formula is C17H20BrNO2S. The highest BCUT2D eigenvalue weighted by Gasteiger charge is 2.23. The molecule has 0 amide bonds. The summed E-state index contributed by atoms with van der Waals surface area (Å²) in [7, 11) is -3.61. The molecule has 0 aromatic heterocycles. The van der Waals surface area contributed by atoms with Gasteiger partial charge in [-0.3, -0.25) is 4.72 Å². The molecule has 0 fully saturated rings. The number of nitrogens with one attached hydrogen (secondary N) is 1. The quantitative estimate of drug-likeness (QED) is 0.830. The lowest BCUT2D eigenvalue weighted by molar-refractivity contribution is 0.599. The normalized spacial score (nSPS) is 11.5. The van der Waals surface area contributed by atoms with E-state index in [4.69, 9.17) is 0 Å². The van der Waals surface area contributed by atoms with Crippen LogP contribution < -0.4 is 4.72 Å². The van der Waals surface area contributed by atoms with Gasteiger partial charge in [-0.05, 0) is 86.7 Å². The predicted octanol–water partition coefficient (Wildman–Crippen LogP) is 4.79. The highest BCUT2D eigenvalue weighted by molar-refractivity contribution is 9.10. The Hall–Kier alpha value is -1.33. The van der Waals surface area contributed by atoms with Crippen LogP contribution in [0.3, 0.4) is 0 Å². The van der Waals surface area contributed by atoms with Gasteiger partial charge < -0.3 is 0 Å². The second-order valence-electron chi connectivity index (χ2n) is 5.57. The first-order valence-corrected chi connectivity index (χ1v) is 9.28. The third kappa shape index (κ3) is 3.06. The van der Waals surface area contributed by atoms with E-state index in [1.807, 2.05) is 46.8 Å². The van der Waals surface area contributed by atoms with E-state index in [2.05, 4.69) is 20.7 Å². The number of rotatable bonds is 3. The smallest absolute Gasteiger partial charge is 0.262 e. The van der Waals surface area contributed by atoms with Crippen LogP contribution in [0, 0.1) is 34.6 Å². The van der Waals surface area contributed by atoms with Crippen LogP contribution in [0.2, 0.25) is 0 Å². The summed E-state index contributed by atoms with van der Waals surface area (Å²) in [6.07, 6.45) is 0. The van der Waals surface area contributed by atoms with Crippen molar-refractivity contribution in [3.05, 3.63) is 56.6 Å². The molecule has 118 valence electrons. The zero-order valence-corrected chi connectivity index (χ0v) is 15.8. The van der Waals surface area contributed by atoms with E-state index < -0.39 is 10.0 Å². The van der Waals surface area contributed by atoms with Crippen molar-refractivity contribution in [1.82, 2.24) is 0 Å². The van der Waals surface area contributed by atoms with Crippen LogP contribution in [-0.4, -0.2) is 8.42 Å². The highest BCUT2D eigenvalue weighted by atomic mass is 79.9. The zero-order chi connectivity index (χ0) is 16.7. The SMILES string of the molecule is Cc1c(C)c(C)c(S(=O)(=O)Nc2ccc(Br)cc2)c(C)c1C. The molecule has 0 bridgehead atoms. The fourth-order valence-corrected chi connectivity index (χ4v) is 4.52. The molecule has 1 N–H and O–H groups in total. The molecule has 0 spiro atoms. The van der Waals surface area contributed by atoms with E-state index in [1.54, 1.807) is 12.1 Å². The standard InChI is InChI=1S/C17H20BrNO2S/c1-10-11(2)13(4)17(14(5)12(10)3)22(20,21)19-16-8-6-15(18)7-9-16/h6-9,19H,1-5H3. The fourth-order valence-electron chi connectivity index (χ4n) is 2.59. The predicted molar refractivity (Wildman–Crippen MR) is 95.1 cm³/mol. The fraction of sp³-hybridized carbons (Fsp3) is 0.294. The molecule has 0 atom stereocenters. The molecule has 2 aromatic carbocycles. The van der Waals surface area contributed by atoms with Crippen LogP contribution in [0.25, 0.3) is 0 Å². The van der Waals surface area contributed by atoms with Crippen molar-refractivity contribution in [2.45, 2.75) is 39.5 Å². The first-order chi connectivity index (χ1) is 10.1. The van der Waals surface area contributed by atoms with E-state index in [0.29, 0.717) is 10.6 Å². The molecule has 22 heavy (non-hydrogen) atoms. The van der Waals surface area contributed by atoms with Gasteiger partial charge in [-0.15, -0.1) is 0 Å². The van der Waals surface area contributed by atoms with Gasteiger partial charge in [0.25, 0.3) is 10.0 Å². The summed E-state index contributed by atoms with van der Waals surface area (Å²) in [5, 5.41) is 0. The number of halogens is 1. The summed E-state index contributed by atoms with van der Waals surface area (Å²) in [5.41, 5.74) is 5.38. The number of hydrogen-bond donors (Lipinski definition) is 1. The van der Waals surface area contributed by atoms with Gasteiger partial charge in [0.05, 0.1) is 4.90 Å². The minimum atomic E-state index is -3.61. The van der Waals surface area contributed by atoms with Crippen molar-refractivity contribution >= 4 is 31.6 Å². The number of hydrogen-bond acceptors (Lipinski definition) is 2. The molecule has 0 saturated heterocycles. The number of anilines is 1. The van der Waals surface area contributed by atoms with Crippen molar-refractivity contribution < 1.29 is 8.42 Å². The maximum absolute atomic E-state index is 12.8. The summed E-state index contributed by atoms with van der Waals surface area (Å²) < 4.78 is 29.2. The van der Waals surface area contributed by atoms with Crippen molar-refractivity contribution in [3.63, 3.8) is 0 Å². The topological polar surface area (TPSA) is 46.2 Å². The molecule has 2 aromatic rings. The largest absolute Gasteiger partial charge is 0.280 e. The number of sulfonamides is 1. The minimum absolute atomic E-state index is 0.385. The Morgan fingerprint density at radius 2 is 1.18 bits per heavy atom. The lowest BCUT2D eigenvalue weighted by atomic mass is 9.95. The molecule has 0 heterocycles. The molecule has 5 heteroatoms. The molecule has 0 unspecified atom stereocenters. The first kappa shape index (κ1) is 17.0. The lowest BCUT2D eigenvalue weighted by Gasteiger charge is -2.19. The van der Waals surface area contributed by atoms with E-state index >= 15 is 0 Å². The lowest BCUT2D eigenvalue weighted by Crippen LogP contribution is -2.17. The Balaban J connectivity index is 2.57. The van der Waals surface area contributed by atoms with Crippen LogP contribution in [-0.2, 0) is 10.0 Å². The third-order valence-corrected chi connectivity index (χ3v) is 6.48. The molecule has 0 aliphatic carbocycles. The van der Waals surface area contributed by atoms with E-state index in [9.17, 15) is 8.42 Å². The van der Waals surface area contributed by atoms with Gasteiger partial charge >= 0.3 is 0 Å². The van der Waals surface area contributed by atoms with Crippen LogP contribution in [0.5, 0.6) is 0 Å². The average Bonchev–Trinajstić information content (AvgIpc) is 2.45. The summed E-state index contributed by atoms with van der Waals surface area (Å²) in [6.45, 7) is 9.70. The van der Waals surface area contributed by atoms with Gasteiger partial charge in [0.1, 0.15) is 0 Å². The van der Waals surface area contributed by atoms with Crippen molar-refractivity contribution in [3.8, 4) is 0 Å². The second kappa shape index (κ2) is 6.05. The van der Waals surface area contributed by atoms with Crippen molar-refractivity contribution in [2.24, 2.45) is 0 Å². The van der Waals surface area contributed by atoms with Crippen LogP contribution >= 0.6 is 15.9 Å². The Kier molecular flexibility index (Phi) is 4.68. The van der Waals surface area contributed by atoms with E-state index in [0.717, 1.165) is 32.3 Å². The maximum Gasteiger partial charge on any atom is 0.262 e. The van der Waals surface area contributed by atoms with Gasteiger partial charge in [-0.1, -0.05) is 15.9 Å². The molecule has 0 aliphatic heterocycles. The minimum Gasteiger partial charge on any atom is -0.280 e. The molecule has 3 nitrogen and oxygen atoms in total. The summed E-state index contributed by atoms with van der Waals surface area (Å²) in [6, 6.07) is 7.09. The zero-order valence-electron chi connectivity index (χ0n) is 13.4. The maximum atomic E-state index is 12.8. The summed E-state index contributed by atoms with van der Waals surface area (Å²) >= 11 is 3.34. The van der Waals surface area contributed by atoms with Crippen molar-refractivity contribution in [1.29, 1.82) is 0 Å². The molecule has 2 rings (SSSR count). The Labute approximate surface area is 140 Å². The molecule has 0 aliphatic rings. The van der Waals surface area contributed by atoms with Gasteiger partial charge in [0.2, 0.25) is 0 Å². The Bertz CT molecular complexity index is 796. The van der Waals surface area contributed by atoms with E-state index in [-0.39, 0.29) is 0 Å². The van der Waals surface area contributed by atoms with Gasteiger partial charge in [-0.2, -0.15) is 0 Å². The second-order valence-corrected chi connectivity index (χ2v) is 8.10. The van der Waals surface area contributed by atoms with Crippen LogP contribution in [0.15, 0.2) is 33.6 Å². The molecular weight excluding hydrogens is 362 g/mol. The first-order valence-electron chi connectivity index (χ1n) is 7.00. The summed E-state index contributed by atoms with van der Waals surface area (Å²) in [4.78, 5) is 0.385. The molecule has 0 radical (unpaired) electrons. The van der Waals surface area contributed by atoms with Gasteiger partial charge in [0.15, 0.2) is 0 Å². The summed E-state index contributed by atoms with van der Waals surface area (Å²) in [5.74, 6) is 0. The Morgan fingerprint density at radius 1 is 0.773 bits per heavy atom. The Morgan fingerprint density at radius 3 is 1.64 bits per heavy atom. The highest BCUT2D eigenvalue weighted by Crippen LogP contribution is 2.30. The van der Waals surface area contributed by atoms with Crippen LogP contribution in [0.1, 0.15) is 27.8 Å². The average molecular weight is 382 g/mol. The van der Waals surface area contributed by atoms with Gasteiger partial charge in [0, 0.05) is 10.2 Å². The number of benzene rings is 2. The van der Waals surface area contributed by atoms with Crippen molar-refractivity contribution in [2.75, 3.05) is 4.72 Å². The monoisotopic (exact) mass is 381 g/mol. The van der Waals surface area contributed by atoms with Gasteiger partial charge in [-0.25, -0.2) is 8.42 Å². The van der Waals surface area contributed by atoms with Crippen LogP contribution in [0.4, 0.5) is 5.69 Å².